The first-order chi connectivity index (χ1) is 9.48. The van der Waals surface area contributed by atoms with Crippen LogP contribution in [0.15, 0.2) is 0 Å². The lowest BCUT2D eigenvalue weighted by atomic mass is 10.1. The minimum Gasteiger partial charge on any atom is -0.313 e. The summed E-state index contributed by atoms with van der Waals surface area (Å²) in [6.07, 6.45) is 5.75. The summed E-state index contributed by atoms with van der Waals surface area (Å²) in [5.74, 6) is 0. The Kier molecular flexibility index (Phi) is 4.10. The molecule has 116 valence electrons. The Morgan fingerprint density at radius 2 is 1.85 bits per heavy atom. The van der Waals surface area contributed by atoms with Crippen LogP contribution in [0.5, 0.6) is 0 Å². The molecule has 2 heterocycles. The fraction of sp³-hybridized carbons (Fsp3) is 1.00. The molecule has 0 aromatic heterocycles. The number of nitrogens with zero attached hydrogens (tertiary/aromatic N) is 2. The summed E-state index contributed by atoms with van der Waals surface area (Å²) in [6, 6.07) is 1.57. The third-order valence-electron chi connectivity index (χ3n) is 5.25. The SMILES string of the molecule is CC(CNC1CC1)S(=O)(=O)N1CCC2CCC(C1)N2C. The molecule has 6 heteroatoms. The molecule has 20 heavy (non-hydrogen) atoms. The van der Waals surface area contributed by atoms with E-state index in [0.717, 1.165) is 12.8 Å². The minimum absolute atomic E-state index is 0.315. The van der Waals surface area contributed by atoms with Crippen LogP contribution in [0, 0.1) is 0 Å². The summed E-state index contributed by atoms with van der Waals surface area (Å²) in [5.41, 5.74) is 0. The van der Waals surface area contributed by atoms with Gasteiger partial charge in [-0.3, -0.25) is 4.90 Å². The van der Waals surface area contributed by atoms with Crippen molar-refractivity contribution in [3.05, 3.63) is 0 Å². The molecule has 1 N–H and O–H groups in total. The maximum Gasteiger partial charge on any atom is 0.218 e. The zero-order valence-electron chi connectivity index (χ0n) is 12.6. The van der Waals surface area contributed by atoms with Gasteiger partial charge < -0.3 is 5.32 Å². The quantitative estimate of drug-likeness (QED) is 0.809. The second-order valence-corrected chi connectivity index (χ2v) is 9.09. The summed E-state index contributed by atoms with van der Waals surface area (Å²) in [5, 5.41) is 3.03. The molecule has 3 atom stereocenters. The van der Waals surface area contributed by atoms with Gasteiger partial charge in [0.1, 0.15) is 0 Å². The van der Waals surface area contributed by atoms with E-state index in [1.807, 2.05) is 6.92 Å². The number of sulfonamides is 1. The zero-order valence-corrected chi connectivity index (χ0v) is 13.4. The predicted molar refractivity (Wildman–Crippen MR) is 80.2 cm³/mol. The Bertz CT molecular complexity index is 449. The van der Waals surface area contributed by atoms with Crippen molar-refractivity contribution in [3.8, 4) is 0 Å². The molecule has 3 aliphatic rings. The Balaban J connectivity index is 1.64. The van der Waals surface area contributed by atoms with Crippen LogP contribution in [-0.2, 0) is 10.0 Å². The highest BCUT2D eigenvalue weighted by Gasteiger charge is 2.39. The smallest absolute Gasteiger partial charge is 0.218 e. The van der Waals surface area contributed by atoms with Crippen LogP contribution in [0.4, 0.5) is 0 Å². The molecule has 3 rings (SSSR count). The Labute approximate surface area is 122 Å². The van der Waals surface area contributed by atoms with Crippen molar-refractivity contribution in [1.82, 2.24) is 14.5 Å². The fourth-order valence-corrected chi connectivity index (χ4v) is 5.04. The first-order valence-electron chi connectivity index (χ1n) is 7.92. The van der Waals surface area contributed by atoms with E-state index < -0.39 is 10.0 Å². The lowest BCUT2D eigenvalue weighted by molar-refractivity contribution is 0.246. The molecule has 0 aromatic rings. The van der Waals surface area contributed by atoms with E-state index in [2.05, 4.69) is 17.3 Å². The van der Waals surface area contributed by atoms with E-state index in [1.54, 1.807) is 4.31 Å². The van der Waals surface area contributed by atoms with Gasteiger partial charge >= 0.3 is 0 Å². The average Bonchev–Trinajstić information content (AvgIpc) is 3.15. The topological polar surface area (TPSA) is 52.7 Å². The van der Waals surface area contributed by atoms with Crippen LogP contribution in [-0.4, -0.2) is 67.7 Å². The molecule has 1 aliphatic carbocycles. The maximum absolute atomic E-state index is 12.7. The summed E-state index contributed by atoms with van der Waals surface area (Å²) in [4.78, 5) is 2.39. The van der Waals surface area contributed by atoms with Crippen molar-refractivity contribution >= 4 is 10.0 Å². The second kappa shape index (κ2) is 5.55. The average molecular weight is 301 g/mol. The first kappa shape index (κ1) is 14.8. The van der Waals surface area contributed by atoms with Gasteiger partial charge in [0.05, 0.1) is 5.25 Å². The Hall–Kier alpha value is -0.170. The van der Waals surface area contributed by atoms with Gasteiger partial charge in [-0.2, -0.15) is 0 Å². The van der Waals surface area contributed by atoms with Crippen molar-refractivity contribution in [2.45, 2.75) is 62.4 Å². The highest BCUT2D eigenvalue weighted by molar-refractivity contribution is 7.89. The largest absolute Gasteiger partial charge is 0.313 e. The van der Waals surface area contributed by atoms with E-state index in [1.165, 1.54) is 19.3 Å². The third kappa shape index (κ3) is 2.89. The summed E-state index contributed by atoms with van der Waals surface area (Å²) in [7, 11) is -1.01. The van der Waals surface area contributed by atoms with Crippen LogP contribution in [0.3, 0.4) is 0 Å². The van der Waals surface area contributed by atoms with Crippen molar-refractivity contribution in [3.63, 3.8) is 0 Å². The van der Waals surface area contributed by atoms with E-state index in [-0.39, 0.29) is 5.25 Å². The van der Waals surface area contributed by atoms with Crippen LogP contribution in [0.2, 0.25) is 0 Å². The second-order valence-electron chi connectivity index (χ2n) is 6.74. The maximum atomic E-state index is 12.7. The highest BCUT2D eigenvalue weighted by atomic mass is 32.2. The van der Waals surface area contributed by atoms with Gasteiger partial charge in [0.15, 0.2) is 0 Å². The van der Waals surface area contributed by atoms with E-state index >= 15 is 0 Å². The summed E-state index contributed by atoms with van der Waals surface area (Å²) < 4.78 is 27.2. The van der Waals surface area contributed by atoms with Gasteiger partial charge in [0.2, 0.25) is 10.0 Å². The molecule has 2 aliphatic heterocycles. The minimum atomic E-state index is -3.15. The molecular formula is C14H27N3O2S. The number of hydrogen-bond donors (Lipinski definition) is 1. The number of rotatable bonds is 5. The number of nitrogens with one attached hydrogen (secondary N) is 1. The standard InChI is InChI=1S/C14H27N3O2S/c1-11(9-15-12-3-4-12)20(18,19)17-8-7-13-5-6-14(10-17)16(13)2/h11-15H,3-10H2,1-2H3. The van der Waals surface area contributed by atoms with E-state index in [9.17, 15) is 8.42 Å². The van der Waals surface area contributed by atoms with Gasteiger partial charge in [-0.1, -0.05) is 0 Å². The van der Waals surface area contributed by atoms with Crippen molar-refractivity contribution in [1.29, 1.82) is 0 Å². The monoisotopic (exact) mass is 301 g/mol. The normalized spacial score (nSPS) is 34.1. The van der Waals surface area contributed by atoms with Crippen molar-refractivity contribution < 1.29 is 8.42 Å². The molecule has 0 aromatic carbocycles. The van der Waals surface area contributed by atoms with Gasteiger partial charge in [-0.05, 0) is 46.1 Å². The lowest BCUT2D eigenvalue weighted by Gasteiger charge is -2.28. The van der Waals surface area contributed by atoms with Crippen molar-refractivity contribution in [2.24, 2.45) is 0 Å². The number of likely N-dealkylation sites (N-methyl/N-ethyl adjacent to an activating group) is 1. The Morgan fingerprint density at radius 3 is 2.55 bits per heavy atom. The first-order valence-corrected chi connectivity index (χ1v) is 9.43. The van der Waals surface area contributed by atoms with Crippen LogP contribution in [0.25, 0.3) is 0 Å². The molecule has 3 unspecified atom stereocenters. The molecule has 3 fully saturated rings. The van der Waals surface area contributed by atoms with E-state index in [4.69, 9.17) is 0 Å². The van der Waals surface area contributed by atoms with Gasteiger partial charge in [-0.25, -0.2) is 12.7 Å². The highest BCUT2D eigenvalue weighted by Crippen LogP contribution is 2.30. The van der Waals surface area contributed by atoms with E-state index in [0.29, 0.717) is 37.8 Å². The molecular weight excluding hydrogens is 274 g/mol. The zero-order chi connectivity index (χ0) is 14.3. The van der Waals surface area contributed by atoms with Crippen LogP contribution < -0.4 is 5.32 Å². The number of hydrogen-bond acceptors (Lipinski definition) is 4. The predicted octanol–water partition coefficient (Wildman–Crippen LogP) is 0.625. The third-order valence-corrected chi connectivity index (χ3v) is 7.49. The summed E-state index contributed by atoms with van der Waals surface area (Å²) >= 11 is 0. The molecule has 5 nitrogen and oxygen atoms in total. The molecule has 0 radical (unpaired) electrons. The van der Waals surface area contributed by atoms with Crippen LogP contribution in [0.1, 0.15) is 39.0 Å². The molecule has 2 saturated heterocycles. The van der Waals surface area contributed by atoms with Crippen LogP contribution >= 0.6 is 0 Å². The fourth-order valence-electron chi connectivity index (χ4n) is 3.49. The van der Waals surface area contributed by atoms with Crippen molar-refractivity contribution in [2.75, 3.05) is 26.7 Å². The van der Waals surface area contributed by atoms with Gasteiger partial charge in [-0.15, -0.1) is 0 Å². The lowest BCUT2D eigenvalue weighted by Crippen LogP contribution is -2.46. The summed E-state index contributed by atoms with van der Waals surface area (Å²) in [6.45, 7) is 3.82. The number of fused-ring (bicyclic) bond motifs is 2. The molecule has 1 saturated carbocycles. The Morgan fingerprint density at radius 1 is 1.15 bits per heavy atom. The van der Waals surface area contributed by atoms with Gasteiger partial charge in [0.25, 0.3) is 0 Å². The molecule has 0 amide bonds. The molecule has 2 bridgehead atoms. The molecule has 0 spiro atoms. The van der Waals surface area contributed by atoms with Gasteiger partial charge in [0, 0.05) is 37.8 Å².